The van der Waals surface area contributed by atoms with E-state index in [2.05, 4.69) is 0 Å². The van der Waals surface area contributed by atoms with Crippen LogP contribution < -0.4 is 11.2 Å². The molecule has 6 nitrogen and oxygen atoms in total. The molecule has 0 saturated carbocycles. The van der Waals surface area contributed by atoms with E-state index in [0.29, 0.717) is 11.3 Å². The van der Waals surface area contributed by atoms with Crippen molar-refractivity contribution in [3.8, 4) is 0 Å². The summed E-state index contributed by atoms with van der Waals surface area (Å²) in [6, 6.07) is 5.73. The Morgan fingerprint density at radius 1 is 1.39 bits per heavy atom. The van der Waals surface area contributed by atoms with Crippen molar-refractivity contribution < 1.29 is 18.7 Å². The Kier molecular flexibility index (Phi) is 5.03. The molecule has 2 aromatic rings. The summed E-state index contributed by atoms with van der Waals surface area (Å²) < 4.78 is 18.8. The van der Waals surface area contributed by atoms with Crippen LogP contribution >= 0.6 is 12.4 Å². The zero-order valence-electron chi connectivity index (χ0n) is 12.1. The van der Waals surface area contributed by atoms with Crippen molar-refractivity contribution in [3.05, 3.63) is 45.8 Å². The minimum Gasteiger partial charge on any atom is -0.459 e. The first-order valence-electron chi connectivity index (χ1n) is 6.88. The minimum absolute atomic E-state index is 0. The van der Waals surface area contributed by atoms with Crippen LogP contribution in [-0.4, -0.2) is 41.3 Å². The molecule has 0 aliphatic carbocycles. The number of carbonyl (C=O) groups is 1. The van der Waals surface area contributed by atoms with E-state index < -0.39 is 18.2 Å². The zero-order chi connectivity index (χ0) is 15.9. The van der Waals surface area contributed by atoms with Crippen molar-refractivity contribution in [2.45, 2.75) is 18.8 Å². The van der Waals surface area contributed by atoms with Gasteiger partial charge in [-0.3, -0.25) is 9.59 Å². The Morgan fingerprint density at radius 2 is 2.13 bits per heavy atom. The first-order chi connectivity index (χ1) is 10.5. The number of alkyl halides is 1. The van der Waals surface area contributed by atoms with Crippen LogP contribution in [0.2, 0.25) is 0 Å². The second kappa shape index (κ2) is 6.66. The first kappa shape index (κ1) is 17.4. The fraction of sp³-hybridized carbons (Fsp3) is 0.333. The van der Waals surface area contributed by atoms with E-state index in [4.69, 9.17) is 10.2 Å². The number of rotatable bonds is 2. The van der Waals surface area contributed by atoms with E-state index >= 15 is 0 Å². The molecule has 0 radical (unpaired) electrons. The molecule has 0 unspecified atom stereocenters. The van der Waals surface area contributed by atoms with Crippen LogP contribution in [0.3, 0.4) is 0 Å². The summed E-state index contributed by atoms with van der Waals surface area (Å²) in [5.74, 6) is -0.0667. The zero-order valence-corrected chi connectivity index (χ0v) is 12.9. The number of likely N-dealkylation sites (tertiary alicyclic amines) is 1. The normalized spacial score (nSPS) is 20.6. The molecule has 1 aromatic carbocycles. The van der Waals surface area contributed by atoms with Crippen molar-refractivity contribution in [2.75, 3.05) is 13.1 Å². The number of hydrogen-bond acceptors (Lipinski definition) is 5. The van der Waals surface area contributed by atoms with Crippen molar-refractivity contribution >= 4 is 29.3 Å². The number of β-amino-alcohol motifs (C(OH)–C–C–N with tert-alkyl or cyclic N) is 1. The molecule has 23 heavy (non-hydrogen) atoms. The molecule has 2 heterocycles. The van der Waals surface area contributed by atoms with Crippen LogP contribution in [-0.2, 0) is 6.54 Å². The van der Waals surface area contributed by atoms with Gasteiger partial charge in [0.15, 0.2) is 5.43 Å². The number of hydrogen-bond donors (Lipinski definition) is 2. The monoisotopic (exact) mass is 342 g/mol. The molecule has 1 fully saturated rings. The lowest BCUT2D eigenvalue weighted by Gasteiger charge is -2.15. The second-order valence-electron chi connectivity index (χ2n) is 5.29. The fourth-order valence-electron chi connectivity index (χ4n) is 2.54. The van der Waals surface area contributed by atoms with E-state index in [1.807, 2.05) is 0 Å². The molecular formula is C15H16ClFN2O4. The van der Waals surface area contributed by atoms with Crippen molar-refractivity contribution in [1.82, 2.24) is 4.90 Å². The standard InChI is InChI=1S/C15H15FN2O4.ClH/c16-11-6-18(7-13(11)20)15(21)8-1-2-14-10(3-8)12(19)4-9(5-17)22-14;/h1-4,11,13,20H,5-7,17H2;1H/t11-,13-;/m1./s1. The molecule has 1 aliphatic rings. The van der Waals surface area contributed by atoms with Crippen LogP contribution in [0, 0.1) is 0 Å². The van der Waals surface area contributed by atoms with E-state index in [0.717, 1.165) is 0 Å². The third-order valence-corrected chi connectivity index (χ3v) is 3.73. The fourth-order valence-corrected chi connectivity index (χ4v) is 2.54. The van der Waals surface area contributed by atoms with Crippen molar-refractivity contribution in [3.63, 3.8) is 0 Å². The molecule has 1 amide bonds. The van der Waals surface area contributed by atoms with E-state index in [9.17, 15) is 19.1 Å². The lowest BCUT2D eigenvalue weighted by atomic mass is 10.1. The van der Waals surface area contributed by atoms with Crippen LogP contribution in [0.15, 0.2) is 33.5 Å². The summed E-state index contributed by atoms with van der Waals surface area (Å²) in [5.41, 5.74) is 5.75. The molecule has 2 atom stereocenters. The summed E-state index contributed by atoms with van der Waals surface area (Å²) in [6.45, 7) is -0.104. The Balaban J connectivity index is 0.00000192. The second-order valence-corrected chi connectivity index (χ2v) is 5.29. The third-order valence-electron chi connectivity index (χ3n) is 3.73. The summed E-state index contributed by atoms with van der Waals surface area (Å²) in [7, 11) is 0. The molecule has 3 rings (SSSR count). The summed E-state index contributed by atoms with van der Waals surface area (Å²) >= 11 is 0. The van der Waals surface area contributed by atoms with Gasteiger partial charge < -0.3 is 20.2 Å². The average Bonchev–Trinajstić information content (AvgIpc) is 2.85. The molecule has 1 aliphatic heterocycles. The molecule has 0 spiro atoms. The SMILES string of the molecule is Cl.NCc1cc(=O)c2cc(C(=O)N3C[C@@H](O)[C@H](F)C3)ccc2o1. The number of nitrogens with two attached hydrogens (primary N) is 1. The van der Waals surface area contributed by atoms with Gasteiger partial charge in [0.25, 0.3) is 5.91 Å². The Bertz CT molecular complexity index is 785. The number of aliphatic hydroxyl groups excluding tert-OH is 1. The molecule has 1 saturated heterocycles. The van der Waals surface area contributed by atoms with Gasteiger partial charge in [-0.25, -0.2) is 4.39 Å². The number of aliphatic hydroxyl groups is 1. The topological polar surface area (TPSA) is 96.8 Å². The van der Waals surface area contributed by atoms with Crippen LogP contribution in [0.4, 0.5) is 4.39 Å². The van der Waals surface area contributed by atoms with Gasteiger partial charge in [-0.15, -0.1) is 12.4 Å². The van der Waals surface area contributed by atoms with Gasteiger partial charge in [0.1, 0.15) is 23.6 Å². The van der Waals surface area contributed by atoms with Crippen molar-refractivity contribution in [1.29, 1.82) is 0 Å². The maximum Gasteiger partial charge on any atom is 0.254 e. The van der Waals surface area contributed by atoms with E-state index in [1.165, 1.54) is 29.2 Å². The van der Waals surface area contributed by atoms with E-state index in [-0.39, 0.29) is 48.4 Å². The third kappa shape index (κ3) is 3.21. The van der Waals surface area contributed by atoms with E-state index in [1.54, 1.807) is 0 Å². The van der Waals surface area contributed by atoms with Gasteiger partial charge in [0.05, 0.1) is 18.5 Å². The summed E-state index contributed by atoms with van der Waals surface area (Å²) in [6.07, 6.45) is -2.61. The highest BCUT2D eigenvalue weighted by Crippen LogP contribution is 2.19. The van der Waals surface area contributed by atoms with Crippen LogP contribution in [0.25, 0.3) is 11.0 Å². The molecular weight excluding hydrogens is 327 g/mol. The molecule has 3 N–H and O–H groups in total. The van der Waals surface area contributed by atoms with Crippen LogP contribution in [0.5, 0.6) is 0 Å². The molecule has 8 heteroatoms. The number of halogens is 2. The number of carbonyl (C=O) groups excluding carboxylic acids is 1. The maximum atomic E-state index is 13.3. The summed E-state index contributed by atoms with van der Waals surface area (Å²) in [5, 5.41) is 9.66. The predicted molar refractivity (Wildman–Crippen MR) is 84.4 cm³/mol. The molecule has 1 aromatic heterocycles. The summed E-state index contributed by atoms with van der Waals surface area (Å²) in [4.78, 5) is 25.6. The molecule has 0 bridgehead atoms. The van der Waals surface area contributed by atoms with Gasteiger partial charge in [-0.05, 0) is 18.2 Å². The predicted octanol–water partition coefficient (Wildman–Crippen LogP) is 0.828. The Morgan fingerprint density at radius 3 is 2.74 bits per heavy atom. The number of nitrogens with zero attached hydrogens (tertiary/aromatic N) is 1. The average molecular weight is 343 g/mol. The van der Waals surface area contributed by atoms with Gasteiger partial charge in [-0.1, -0.05) is 0 Å². The van der Waals surface area contributed by atoms with Crippen molar-refractivity contribution in [2.24, 2.45) is 5.73 Å². The highest BCUT2D eigenvalue weighted by atomic mass is 35.5. The van der Waals surface area contributed by atoms with Gasteiger partial charge >= 0.3 is 0 Å². The lowest BCUT2D eigenvalue weighted by Crippen LogP contribution is -2.29. The van der Waals surface area contributed by atoms with Gasteiger partial charge in [0.2, 0.25) is 0 Å². The van der Waals surface area contributed by atoms with Crippen LogP contribution in [0.1, 0.15) is 16.1 Å². The lowest BCUT2D eigenvalue weighted by molar-refractivity contribution is 0.0764. The number of benzene rings is 1. The quantitative estimate of drug-likeness (QED) is 0.842. The maximum absolute atomic E-state index is 13.3. The number of fused-ring (bicyclic) bond motifs is 1. The Labute approximate surface area is 137 Å². The smallest absolute Gasteiger partial charge is 0.254 e. The highest BCUT2D eigenvalue weighted by molar-refractivity contribution is 5.97. The highest BCUT2D eigenvalue weighted by Gasteiger charge is 2.34. The first-order valence-corrected chi connectivity index (χ1v) is 6.88. The largest absolute Gasteiger partial charge is 0.459 e. The minimum atomic E-state index is -1.44. The molecule has 124 valence electrons. The van der Waals surface area contributed by atoms with Gasteiger partial charge in [0, 0.05) is 18.2 Å². The van der Waals surface area contributed by atoms with Gasteiger partial charge in [-0.2, -0.15) is 0 Å². The Hall–Kier alpha value is -1.96. The number of amides is 1.